The van der Waals surface area contributed by atoms with Crippen LogP contribution in [-0.4, -0.2) is 50.2 Å². The topological polar surface area (TPSA) is 92.8 Å². The van der Waals surface area contributed by atoms with Gasteiger partial charge < -0.3 is 10.1 Å². The maximum Gasteiger partial charge on any atom is 0.414 e. The molecule has 2 amide bonds. The van der Waals surface area contributed by atoms with Crippen LogP contribution in [0.4, 0.5) is 14.9 Å². The lowest BCUT2D eigenvalue weighted by Gasteiger charge is -2.19. The lowest BCUT2D eigenvalue weighted by molar-refractivity contribution is -0.119. The predicted molar refractivity (Wildman–Crippen MR) is 103 cm³/mol. The molecule has 0 bridgehead atoms. The summed E-state index contributed by atoms with van der Waals surface area (Å²) in [4.78, 5) is 23.5. The molecule has 1 aromatic rings. The van der Waals surface area contributed by atoms with Crippen LogP contribution in [0.1, 0.15) is 17.9 Å². The summed E-state index contributed by atoms with van der Waals surface area (Å²) in [5, 5.41) is 3.56. The number of hydrogen-bond acceptors (Lipinski definition) is 5. The Morgan fingerprint density at radius 1 is 1.39 bits per heavy atom. The summed E-state index contributed by atoms with van der Waals surface area (Å²) in [6.07, 6.45) is 0.479. The van der Waals surface area contributed by atoms with Gasteiger partial charge in [0.2, 0.25) is 0 Å². The number of halogens is 3. The Morgan fingerprint density at radius 2 is 2.14 bits per heavy atom. The van der Waals surface area contributed by atoms with Gasteiger partial charge in [0.1, 0.15) is 11.9 Å². The van der Waals surface area contributed by atoms with E-state index in [1.54, 1.807) is 6.07 Å². The van der Waals surface area contributed by atoms with Crippen molar-refractivity contribution in [3.63, 3.8) is 0 Å². The second kappa shape index (κ2) is 8.26. The molecular weight excluding hydrogens is 434 g/mol. The second-order valence-corrected chi connectivity index (χ2v) is 9.56. The first-order chi connectivity index (χ1) is 13.2. The van der Waals surface area contributed by atoms with Crippen molar-refractivity contribution in [3.8, 4) is 0 Å². The van der Waals surface area contributed by atoms with Crippen LogP contribution < -0.4 is 10.2 Å². The second-order valence-electron chi connectivity index (χ2n) is 6.46. The molecule has 11 heteroatoms. The Labute approximate surface area is 171 Å². The largest absolute Gasteiger partial charge is 0.442 e. The molecule has 1 saturated heterocycles. The number of nitrogens with one attached hydrogen (secondary N) is 1. The molecule has 2 heterocycles. The molecule has 0 aromatic heterocycles. The highest BCUT2D eigenvalue weighted by atomic mass is 35.5. The van der Waals surface area contributed by atoms with Gasteiger partial charge in [0.15, 0.2) is 14.7 Å². The smallest absolute Gasteiger partial charge is 0.414 e. The average Bonchev–Trinajstić information content (AvgIpc) is 3.00. The highest BCUT2D eigenvalue weighted by molar-refractivity contribution is 7.94. The maximum absolute atomic E-state index is 14.6. The number of allylic oxidation sites excluding steroid dienone is 1. The van der Waals surface area contributed by atoms with E-state index >= 15 is 0 Å². The van der Waals surface area contributed by atoms with Crippen LogP contribution in [0.5, 0.6) is 0 Å². The molecule has 0 radical (unpaired) electrons. The van der Waals surface area contributed by atoms with E-state index in [1.807, 2.05) is 0 Å². The van der Waals surface area contributed by atoms with Crippen LogP contribution in [0, 0.1) is 5.82 Å². The minimum atomic E-state index is -3.21. The van der Waals surface area contributed by atoms with E-state index in [-0.39, 0.29) is 24.8 Å². The van der Waals surface area contributed by atoms with Crippen LogP contribution >= 0.6 is 23.2 Å². The summed E-state index contributed by atoms with van der Waals surface area (Å²) < 4.78 is 42.7. The highest BCUT2D eigenvalue weighted by Gasteiger charge is 2.33. The van der Waals surface area contributed by atoms with Gasteiger partial charge in [-0.05, 0) is 24.1 Å². The Morgan fingerprint density at radius 3 is 2.75 bits per heavy atom. The van der Waals surface area contributed by atoms with Crippen LogP contribution in [0.2, 0.25) is 0 Å². The number of rotatable bonds is 5. The van der Waals surface area contributed by atoms with Gasteiger partial charge in [0.05, 0.1) is 24.5 Å². The number of alkyl halides is 2. The van der Waals surface area contributed by atoms with Crippen LogP contribution in [-0.2, 0) is 19.4 Å². The minimum Gasteiger partial charge on any atom is -0.442 e. The highest BCUT2D eigenvalue weighted by Crippen LogP contribution is 2.31. The van der Waals surface area contributed by atoms with E-state index in [4.69, 9.17) is 27.9 Å². The Hall–Kier alpha value is -1.84. The molecule has 0 aliphatic carbocycles. The molecule has 2 aliphatic heterocycles. The molecule has 28 heavy (non-hydrogen) atoms. The molecule has 1 fully saturated rings. The van der Waals surface area contributed by atoms with E-state index in [9.17, 15) is 22.4 Å². The van der Waals surface area contributed by atoms with Gasteiger partial charge >= 0.3 is 6.09 Å². The van der Waals surface area contributed by atoms with Crippen LogP contribution in [0.25, 0.3) is 0 Å². The van der Waals surface area contributed by atoms with Crippen molar-refractivity contribution in [2.75, 3.05) is 23.7 Å². The number of amides is 2. The number of ether oxygens (including phenoxy) is 1. The molecule has 0 saturated carbocycles. The molecule has 2 atom stereocenters. The molecule has 1 unspecified atom stereocenters. The van der Waals surface area contributed by atoms with E-state index in [2.05, 4.69) is 5.32 Å². The van der Waals surface area contributed by atoms with Crippen molar-refractivity contribution < 1.29 is 27.1 Å². The number of carbonyl (C=O) groups excluding carboxylic acids is 2. The van der Waals surface area contributed by atoms with Crippen molar-refractivity contribution in [1.29, 1.82) is 0 Å². The van der Waals surface area contributed by atoms with Crippen molar-refractivity contribution >= 4 is 50.7 Å². The Balaban J connectivity index is 1.68. The zero-order valence-electron chi connectivity index (χ0n) is 14.5. The SMILES string of the molecule is O=C(NC[C@H]1CN(c2ccc(C3C=CS(=O)(=O)CC3)c(F)c2)C(=O)O1)C(Cl)Cl. The summed E-state index contributed by atoms with van der Waals surface area (Å²) in [6.45, 7) is 0.146. The summed E-state index contributed by atoms with van der Waals surface area (Å²) >= 11 is 10.9. The number of sulfone groups is 1. The summed E-state index contributed by atoms with van der Waals surface area (Å²) in [5.74, 6) is -1.52. The van der Waals surface area contributed by atoms with E-state index < -0.39 is 38.6 Å². The van der Waals surface area contributed by atoms with Gasteiger partial charge in [-0.1, -0.05) is 35.3 Å². The Bertz CT molecular complexity index is 922. The fourth-order valence-electron chi connectivity index (χ4n) is 3.04. The maximum atomic E-state index is 14.6. The van der Waals surface area contributed by atoms with E-state index in [0.717, 1.165) is 5.41 Å². The lowest BCUT2D eigenvalue weighted by atomic mass is 9.95. The van der Waals surface area contributed by atoms with Crippen molar-refractivity contribution in [2.45, 2.75) is 23.3 Å². The summed E-state index contributed by atoms with van der Waals surface area (Å²) in [5.41, 5.74) is 0.668. The van der Waals surface area contributed by atoms with Crippen LogP contribution in [0.15, 0.2) is 29.7 Å². The summed E-state index contributed by atoms with van der Waals surface area (Å²) in [6, 6.07) is 4.32. The number of benzene rings is 1. The van der Waals surface area contributed by atoms with Gasteiger partial charge in [0.25, 0.3) is 5.91 Å². The number of hydrogen-bond donors (Lipinski definition) is 1. The predicted octanol–water partition coefficient (Wildman–Crippen LogP) is 2.49. The average molecular weight is 451 g/mol. The number of anilines is 1. The minimum absolute atomic E-state index is 0.0267. The first-order valence-corrected chi connectivity index (χ1v) is 11.0. The normalized spacial score (nSPS) is 23.7. The zero-order valence-corrected chi connectivity index (χ0v) is 16.8. The zero-order chi connectivity index (χ0) is 20.5. The monoisotopic (exact) mass is 450 g/mol. The Kier molecular flexibility index (Phi) is 6.16. The van der Waals surface area contributed by atoms with Gasteiger partial charge in [-0.25, -0.2) is 17.6 Å². The van der Waals surface area contributed by atoms with E-state index in [1.165, 1.54) is 23.1 Å². The number of cyclic esters (lactones) is 1. The van der Waals surface area contributed by atoms with Crippen LogP contribution in [0.3, 0.4) is 0 Å². The van der Waals surface area contributed by atoms with Crippen molar-refractivity contribution in [3.05, 3.63) is 41.1 Å². The third-order valence-electron chi connectivity index (χ3n) is 4.50. The van der Waals surface area contributed by atoms with Gasteiger partial charge in [0, 0.05) is 11.3 Å². The lowest BCUT2D eigenvalue weighted by Crippen LogP contribution is -2.37. The van der Waals surface area contributed by atoms with Crippen molar-refractivity contribution in [1.82, 2.24) is 5.32 Å². The fraction of sp³-hybridized carbons (Fsp3) is 0.412. The van der Waals surface area contributed by atoms with Gasteiger partial charge in [-0.15, -0.1) is 0 Å². The quantitative estimate of drug-likeness (QED) is 0.695. The third-order valence-corrected chi connectivity index (χ3v) is 6.28. The molecular formula is C17H17Cl2FN2O5S. The molecule has 1 N–H and O–H groups in total. The molecule has 1 aromatic carbocycles. The number of nitrogens with zero attached hydrogens (tertiary/aromatic N) is 1. The first kappa shape index (κ1) is 20.9. The molecule has 152 valence electrons. The molecule has 2 aliphatic rings. The summed E-state index contributed by atoms with van der Waals surface area (Å²) in [7, 11) is -3.21. The standard InChI is InChI=1S/C17H17Cl2FN2O5S/c18-15(19)16(23)21-8-12-9-22(17(24)27-12)11-1-2-13(14(20)7-11)10-3-5-28(25,26)6-4-10/h1-3,5,7,10,12,15H,4,6,8-9H2,(H,21,23)/t10?,12-/m0/s1. The third kappa shape index (κ3) is 4.76. The van der Waals surface area contributed by atoms with E-state index in [0.29, 0.717) is 17.7 Å². The fourth-order valence-corrected chi connectivity index (χ4v) is 4.35. The van der Waals surface area contributed by atoms with Gasteiger partial charge in [-0.3, -0.25) is 9.69 Å². The molecule has 3 rings (SSSR count). The molecule has 0 spiro atoms. The van der Waals surface area contributed by atoms with Gasteiger partial charge in [-0.2, -0.15) is 0 Å². The van der Waals surface area contributed by atoms with Crippen molar-refractivity contribution in [2.24, 2.45) is 0 Å². The first-order valence-electron chi connectivity index (χ1n) is 8.40. The number of carbonyl (C=O) groups is 2. The molecule has 7 nitrogen and oxygen atoms in total.